The third-order valence-corrected chi connectivity index (χ3v) is 2.48. The fourth-order valence-corrected chi connectivity index (χ4v) is 1.87. The topological polar surface area (TPSA) is 50.7 Å². The highest BCUT2D eigenvalue weighted by Gasteiger charge is 2.18. The number of rotatable bonds is 4. The Morgan fingerprint density at radius 1 is 1.40 bits per heavy atom. The SMILES string of the molecule is COc1c(Br)cc(CNO)c(OC)c1F. The molecule has 0 fully saturated rings. The molecule has 0 aliphatic carbocycles. The molecule has 0 aliphatic heterocycles. The molecule has 0 saturated carbocycles. The average Bonchev–Trinajstić information content (AvgIpc) is 2.19. The lowest BCUT2D eigenvalue weighted by atomic mass is 10.2. The zero-order valence-electron chi connectivity index (χ0n) is 8.30. The number of nitrogens with one attached hydrogen (secondary N) is 1. The van der Waals surface area contributed by atoms with Crippen molar-refractivity contribution in [3.8, 4) is 11.5 Å². The summed E-state index contributed by atoms with van der Waals surface area (Å²) in [6.45, 7) is 0.0860. The molecule has 2 N–H and O–H groups in total. The van der Waals surface area contributed by atoms with Crippen LogP contribution < -0.4 is 15.0 Å². The van der Waals surface area contributed by atoms with Crippen molar-refractivity contribution in [1.29, 1.82) is 0 Å². The number of hydrogen-bond donors (Lipinski definition) is 2. The van der Waals surface area contributed by atoms with Gasteiger partial charge in [-0.05, 0) is 22.0 Å². The van der Waals surface area contributed by atoms with E-state index in [0.29, 0.717) is 10.0 Å². The predicted octanol–water partition coefficient (Wildman–Crippen LogP) is 2.08. The van der Waals surface area contributed by atoms with Gasteiger partial charge >= 0.3 is 0 Å². The summed E-state index contributed by atoms with van der Waals surface area (Å²) in [5.41, 5.74) is 2.43. The van der Waals surface area contributed by atoms with E-state index >= 15 is 0 Å². The summed E-state index contributed by atoms with van der Waals surface area (Å²) in [7, 11) is 2.72. The first kappa shape index (κ1) is 12.2. The summed E-state index contributed by atoms with van der Waals surface area (Å²) in [6.07, 6.45) is 0. The molecule has 0 heterocycles. The first-order valence-corrected chi connectivity index (χ1v) is 4.90. The number of methoxy groups -OCH3 is 2. The van der Waals surface area contributed by atoms with Crippen LogP contribution in [-0.4, -0.2) is 19.4 Å². The van der Waals surface area contributed by atoms with E-state index in [-0.39, 0.29) is 18.0 Å². The third-order valence-electron chi connectivity index (χ3n) is 1.89. The molecular formula is C9H11BrFNO3. The molecule has 84 valence electrons. The molecule has 0 saturated heterocycles. The lowest BCUT2D eigenvalue weighted by Gasteiger charge is -2.13. The van der Waals surface area contributed by atoms with Crippen LogP contribution in [0.4, 0.5) is 4.39 Å². The van der Waals surface area contributed by atoms with Gasteiger partial charge in [-0.2, -0.15) is 4.39 Å². The Kier molecular flexibility index (Phi) is 4.31. The maximum absolute atomic E-state index is 13.7. The van der Waals surface area contributed by atoms with Crippen molar-refractivity contribution in [2.24, 2.45) is 0 Å². The summed E-state index contributed by atoms with van der Waals surface area (Å²) in [5, 5.41) is 8.57. The summed E-state index contributed by atoms with van der Waals surface area (Å²) in [6, 6.07) is 1.62. The Morgan fingerprint density at radius 3 is 2.47 bits per heavy atom. The van der Waals surface area contributed by atoms with Crippen molar-refractivity contribution in [1.82, 2.24) is 5.48 Å². The number of halogens is 2. The maximum Gasteiger partial charge on any atom is 0.208 e. The Labute approximate surface area is 95.1 Å². The molecule has 0 amide bonds. The van der Waals surface area contributed by atoms with Crippen molar-refractivity contribution >= 4 is 15.9 Å². The number of hydrogen-bond acceptors (Lipinski definition) is 4. The lowest BCUT2D eigenvalue weighted by molar-refractivity contribution is 0.159. The highest BCUT2D eigenvalue weighted by molar-refractivity contribution is 9.10. The molecule has 0 radical (unpaired) electrons. The molecular weight excluding hydrogens is 269 g/mol. The smallest absolute Gasteiger partial charge is 0.208 e. The Balaban J connectivity index is 3.30. The average molecular weight is 280 g/mol. The first-order chi connectivity index (χ1) is 7.15. The minimum atomic E-state index is -0.598. The quantitative estimate of drug-likeness (QED) is 0.829. The van der Waals surface area contributed by atoms with E-state index in [2.05, 4.69) is 15.9 Å². The second-order valence-electron chi connectivity index (χ2n) is 2.73. The standard InChI is InChI=1S/C9H11BrFNO3/c1-14-8-5(4-12-13)3-6(10)9(15-2)7(8)11/h3,12-13H,4H2,1-2H3. The number of ether oxygens (including phenoxy) is 2. The van der Waals surface area contributed by atoms with E-state index < -0.39 is 5.82 Å². The summed E-state index contributed by atoms with van der Waals surface area (Å²) >= 11 is 3.16. The molecule has 0 bridgehead atoms. The van der Waals surface area contributed by atoms with Crippen LogP contribution in [0.3, 0.4) is 0 Å². The third kappa shape index (κ3) is 2.39. The molecule has 1 aromatic carbocycles. The number of hydroxylamine groups is 1. The largest absolute Gasteiger partial charge is 0.493 e. The monoisotopic (exact) mass is 279 g/mol. The zero-order valence-corrected chi connectivity index (χ0v) is 9.89. The minimum Gasteiger partial charge on any atom is -0.493 e. The van der Waals surface area contributed by atoms with Gasteiger partial charge in [0.2, 0.25) is 5.82 Å². The van der Waals surface area contributed by atoms with Crippen LogP contribution in [0, 0.1) is 5.82 Å². The summed E-state index contributed by atoms with van der Waals surface area (Å²) in [4.78, 5) is 0. The van der Waals surface area contributed by atoms with Gasteiger partial charge < -0.3 is 14.7 Å². The lowest BCUT2D eigenvalue weighted by Crippen LogP contribution is -2.09. The molecule has 1 rings (SSSR count). The van der Waals surface area contributed by atoms with Gasteiger partial charge in [0.05, 0.1) is 18.7 Å². The molecule has 15 heavy (non-hydrogen) atoms. The normalized spacial score (nSPS) is 10.2. The van der Waals surface area contributed by atoms with Gasteiger partial charge in [0.15, 0.2) is 11.5 Å². The van der Waals surface area contributed by atoms with Gasteiger partial charge in [-0.25, -0.2) is 5.48 Å². The van der Waals surface area contributed by atoms with E-state index in [1.807, 2.05) is 5.48 Å². The van der Waals surface area contributed by atoms with E-state index in [0.717, 1.165) is 0 Å². The Morgan fingerprint density at radius 2 is 2.00 bits per heavy atom. The molecule has 0 aromatic heterocycles. The van der Waals surface area contributed by atoms with Gasteiger partial charge in [-0.15, -0.1) is 0 Å². The van der Waals surface area contributed by atoms with Crippen LogP contribution in [0.25, 0.3) is 0 Å². The van der Waals surface area contributed by atoms with Crippen molar-refractivity contribution in [2.75, 3.05) is 14.2 Å². The highest BCUT2D eigenvalue weighted by Crippen LogP contribution is 2.36. The van der Waals surface area contributed by atoms with Crippen LogP contribution in [0.15, 0.2) is 10.5 Å². The van der Waals surface area contributed by atoms with E-state index in [1.165, 1.54) is 14.2 Å². The van der Waals surface area contributed by atoms with Gasteiger partial charge in [-0.3, -0.25) is 0 Å². The van der Waals surface area contributed by atoms with Crippen molar-refractivity contribution in [3.05, 3.63) is 21.9 Å². The zero-order chi connectivity index (χ0) is 11.4. The van der Waals surface area contributed by atoms with E-state index in [1.54, 1.807) is 6.07 Å². The minimum absolute atomic E-state index is 0.0524. The van der Waals surface area contributed by atoms with Crippen LogP contribution in [0.2, 0.25) is 0 Å². The fourth-order valence-electron chi connectivity index (χ4n) is 1.26. The predicted molar refractivity (Wildman–Crippen MR) is 55.8 cm³/mol. The molecule has 0 spiro atoms. The van der Waals surface area contributed by atoms with E-state index in [9.17, 15) is 4.39 Å². The first-order valence-electron chi connectivity index (χ1n) is 4.11. The van der Waals surface area contributed by atoms with Crippen LogP contribution in [0.1, 0.15) is 5.56 Å². The molecule has 0 unspecified atom stereocenters. The van der Waals surface area contributed by atoms with Gasteiger partial charge in [0.1, 0.15) is 0 Å². The Bertz CT molecular complexity index is 360. The molecule has 4 nitrogen and oxygen atoms in total. The van der Waals surface area contributed by atoms with E-state index in [4.69, 9.17) is 14.7 Å². The van der Waals surface area contributed by atoms with Gasteiger partial charge in [-0.1, -0.05) is 0 Å². The van der Waals surface area contributed by atoms with Gasteiger partial charge in [0, 0.05) is 12.1 Å². The molecule has 0 atom stereocenters. The van der Waals surface area contributed by atoms with Crippen molar-refractivity contribution < 1.29 is 19.1 Å². The fraction of sp³-hybridized carbons (Fsp3) is 0.333. The van der Waals surface area contributed by atoms with Gasteiger partial charge in [0.25, 0.3) is 0 Å². The second-order valence-corrected chi connectivity index (χ2v) is 3.59. The summed E-state index contributed by atoms with van der Waals surface area (Å²) < 4.78 is 24.0. The molecule has 6 heteroatoms. The van der Waals surface area contributed by atoms with Crippen molar-refractivity contribution in [2.45, 2.75) is 6.54 Å². The second kappa shape index (κ2) is 5.29. The molecule has 1 aromatic rings. The van der Waals surface area contributed by atoms with Crippen LogP contribution in [0.5, 0.6) is 11.5 Å². The molecule has 0 aliphatic rings. The number of benzene rings is 1. The Hall–Kier alpha value is -0.850. The van der Waals surface area contributed by atoms with Crippen molar-refractivity contribution in [3.63, 3.8) is 0 Å². The van der Waals surface area contributed by atoms with Crippen LogP contribution in [-0.2, 0) is 6.54 Å². The van der Waals surface area contributed by atoms with Crippen LogP contribution >= 0.6 is 15.9 Å². The maximum atomic E-state index is 13.7. The highest BCUT2D eigenvalue weighted by atomic mass is 79.9. The summed E-state index contributed by atoms with van der Waals surface area (Å²) in [5.74, 6) is -0.468.